The largest absolute Gasteiger partial charge is 0.331 e. The van der Waals surface area contributed by atoms with Gasteiger partial charge in [0.15, 0.2) is 0 Å². The molecule has 0 aromatic heterocycles. The molecule has 12 heteroatoms. The van der Waals surface area contributed by atoms with Crippen LogP contribution in [0.25, 0.3) is 0 Å². The van der Waals surface area contributed by atoms with Gasteiger partial charge in [-0.3, -0.25) is 20.1 Å². The predicted molar refractivity (Wildman–Crippen MR) is 105 cm³/mol. The number of carbonyl (C=O) groups excluding carboxylic acids is 2. The van der Waals surface area contributed by atoms with E-state index in [9.17, 15) is 28.1 Å². The Morgan fingerprint density at radius 3 is 2.33 bits per heavy atom. The third kappa shape index (κ3) is 5.99. The monoisotopic (exact) mass is 436 g/mol. The van der Waals surface area contributed by atoms with Crippen LogP contribution in [0.2, 0.25) is 0 Å². The Kier molecular flexibility index (Phi) is 7.44. The minimum absolute atomic E-state index is 0.0678. The van der Waals surface area contributed by atoms with Crippen LogP contribution in [0.4, 0.5) is 10.5 Å². The highest BCUT2D eigenvalue weighted by molar-refractivity contribution is 7.90. The molecule has 160 valence electrons. The average Bonchev–Trinajstić information content (AvgIpc) is 2.70. The minimum Gasteiger partial charge on any atom is -0.319 e. The van der Waals surface area contributed by atoms with Crippen molar-refractivity contribution in [2.45, 2.75) is 24.8 Å². The number of nitrogens with zero attached hydrogens (tertiary/aromatic N) is 2. The van der Waals surface area contributed by atoms with Crippen molar-refractivity contribution in [3.8, 4) is 0 Å². The molecule has 0 spiro atoms. The summed E-state index contributed by atoms with van der Waals surface area (Å²) < 4.78 is 27.1. The fourth-order valence-corrected chi connectivity index (χ4v) is 3.80. The summed E-state index contributed by atoms with van der Waals surface area (Å²) in [5.74, 6) is -0.765. The summed E-state index contributed by atoms with van der Waals surface area (Å²) in [5.41, 5.74) is 2.22. The minimum atomic E-state index is -4.17. The van der Waals surface area contributed by atoms with Gasteiger partial charge in [0, 0.05) is 31.6 Å². The summed E-state index contributed by atoms with van der Waals surface area (Å²) in [5, 5.41) is 19.4. The number of nitro groups is 1. The Hall–Kier alpha value is -3.51. The summed E-state index contributed by atoms with van der Waals surface area (Å²) in [4.78, 5) is 35.2. The van der Waals surface area contributed by atoms with E-state index < -0.39 is 26.9 Å². The zero-order valence-electron chi connectivity index (χ0n) is 15.9. The highest BCUT2D eigenvalue weighted by Crippen LogP contribution is 2.16. The van der Waals surface area contributed by atoms with Crippen molar-refractivity contribution in [2.75, 3.05) is 6.54 Å². The molecule has 2 aromatic carbocycles. The topological polar surface area (TPSA) is 159 Å². The summed E-state index contributed by atoms with van der Waals surface area (Å²) in [7, 11) is -4.17. The Bertz CT molecular complexity index is 1040. The van der Waals surface area contributed by atoms with Gasteiger partial charge in [0.2, 0.25) is 5.91 Å². The van der Waals surface area contributed by atoms with Gasteiger partial charge in [0.1, 0.15) is 0 Å². The maximum atomic E-state index is 12.7. The second-order valence-electron chi connectivity index (χ2n) is 6.31. The number of hydrogen-bond acceptors (Lipinski definition) is 7. The van der Waals surface area contributed by atoms with Gasteiger partial charge in [-0.2, -0.15) is 0 Å². The molecule has 2 aromatic rings. The number of nitrogens with one attached hydrogen (secondary N) is 2. The summed E-state index contributed by atoms with van der Waals surface area (Å²) in [6, 6.07) is 10.5. The molecule has 0 saturated heterocycles. The van der Waals surface area contributed by atoms with Crippen LogP contribution >= 0.6 is 0 Å². The number of non-ortho nitro benzene ring substituents is 1. The van der Waals surface area contributed by atoms with Crippen LogP contribution in [0.1, 0.15) is 17.5 Å². The average molecular weight is 436 g/mol. The number of aryl methyl sites for hydroxylation is 1. The van der Waals surface area contributed by atoms with E-state index in [-0.39, 0.29) is 30.1 Å². The Morgan fingerprint density at radius 2 is 1.77 bits per heavy atom. The maximum absolute atomic E-state index is 12.7. The second-order valence-corrected chi connectivity index (χ2v) is 7.96. The van der Waals surface area contributed by atoms with Gasteiger partial charge in [0.25, 0.3) is 15.7 Å². The van der Waals surface area contributed by atoms with Crippen molar-refractivity contribution in [1.29, 1.82) is 0 Å². The Morgan fingerprint density at radius 1 is 1.13 bits per heavy atom. The zero-order chi connectivity index (χ0) is 22.3. The van der Waals surface area contributed by atoms with Gasteiger partial charge in [-0.05, 0) is 24.1 Å². The molecule has 0 fully saturated rings. The van der Waals surface area contributed by atoms with E-state index in [1.54, 1.807) is 19.1 Å². The molecular formula is C18H20N4O7S. The van der Waals surface area contributed by atoms with Crippen molar-refractivity contribution in [1.82, 2.24) is 15.1 Å². The zero-order valence-corrected chi connectivity index (χ0v) is 16.8. The molecule has 3 N–H and O–H groups in total. The van der Waals surface area contributed by atoms with Crippen molar-refractivity contribution in [3.05, 3.63) is 69.8 Å². The molecule has 0 saturated carbocycles. The van der Waals surface area contributed by atoms with Crippen LogP contribution in [-0.2, 0) is 21.4 Å². The van der Waals surface area contributed by atoms with Crippen LogP contribution in [-0.4, -0.2) is 41.9 Å². The SMILES string of the molecule is Cc1ccccc1S(=O)(=O)NC(=O)N(CCC(=O)NO)Cc1ccc([N+](=O)[O-])cc1. The van der Waals surface area contributed by atoms with Crippen molar-refractivity contribution >= 4 is 27.6 Å². The molecule has 0 aliphatic carbocycles. The predicted octanol–water partition coefficient (Wildman–Crippen LogP) is 1.70. The number of urea groups is 1. The fraction of sp³-hybridized carbons (Fsp3) is 0.222. The third-order valence-electron chi connectivity index (χ3n) is 4.15. The van der Waals surface area contributed by atoms with Gasteiger partial charge in [0.05, 0.1) is 9.82 Å². The summed E-state index contributed by atoms with van der Waals surface area (Å²) in [6.45, 7) is 1.25. The molecule has 2 rings (SSSR count). The lowest BCUT2D eigenvalue weighted by molar-refractivity contribution is -0.384. The summed E-state index contributed by atoms with van der Waals surface area (Å²) in [6.07, 6.45) is -0.290. The number of hydroxylamine groups is 1. The van der Waals surface area contributed by atoms with E-state index in [1.165, 1.54) is 41.9 Å². The number of benzene rings is 2. The molecule has 0 aliphatic heterocycles. The number of carbonyl (C=O) groups is 2. The van der Waals surface area contributed by atoms with E-state index in [0.29, 0.717) is 11.1 Å². The van der Waals surface area contributed by atoms with Crippen molar-refractivity contribution in [3.63, 3.8) is 0 Å². The van der Waals surface area contributed by atoms with Crippen molar-refractivity contribution in [2.24, 2.45) is 0 Å². The third-order valence-corrected chi connectivity index (χ3v) is 5.63. The molecular weight excluding hydrogens is 416 g/mol. The molecule has 0 radical (unpaired) electrons. The van der Waals surface area contributed by atoms with Gasteiger partial charge in [-0.15, -0.1) is 0 Å². The molecule has 0 aliphatic rings. The van der Waals surface area contributed by atoms with Gasteiger partial charge >= 0.3 is 6.03 Å². The molecule has 11 nitrogen and oxygen atoms in total. The molecule has 0 atom stereocenters. The first kappa shape index (κ1) is 22.8. The lowest BCUT2D eigenvalue weighted by atomic mass is 10.2. The molecule has 0 heterocycles. The van der Waals surface area contributed by atoms with Crippen LogP contribution < -0.4 is 10.2 Å². The normalized spacial score (nSPS) is 10.9. The highest BCUT2D eigenvalue weighted by atomic mass is 32.2. The smallest absolute Gasteiger partial charge is 0.319 e. The second kappa shape index (κ2) is 9.80. The van der Waals surface area contributed by atoms with Crippen molar-refractivity contribution < 1.29 is 28.1 Å². The number of nitro benzene ring substituents is 1. The Labute approximate surface area is 172 Å². The highest BCUT2D eigenvalue weighted by Gasteiger charge is 2.24. The molecule has 0 bridgehead atoms. The standard InChI is InChI=1S/C18H20N4O7S/c1-13-4-2-3-5-16(13)30(28,29)20-18(24)21(11-10-17(23)19-25)12-14-6-8-15(9-7-14)22(26)27/h2-9,25H,10-12H2,1H3,(H,19,23)(H,20,24). The first-order chi connectivity index (χ1) is 14.1. The number of amides is 3. The van der Waals surface area contributed by atoms with E-state index >= 15 is 0 Å². The molecule has 0 unspecified atom stereocenters. The quantitative estimate of drug-likeness (QED) is 0.322. The van der Waals surface area contributed by atoms with E-state index in [4.69, 9.17) is 5.21 Å². The van der Waals surface area contributed by atoms with Crippen LogP contribution in [0.5, 0.6) is 0 Å². The van der Waals surface area contributed by atoms with Crippen LogP contribution in [0, 0.1) is 17.0 Å². The van der Waals surface area contributed by atoms with Gasteiger partial charge < -0.3 is 4.90 Å². The fourth-order valence-electron chi connectivity index (χ4n) is 2.58. The van der Waals surface area contributed by atoms with E-state index in [1.807, 2.05) is 4.72 Å². The number of hydrogen-bond donors (Lipinski definition) is 3. The molecule has 30 heavy (non-hydrogen) atoms. The number of sulfonamides is 1. The number of rotatable bonds is 8. The lowest BCUT2D eigenvalue weighted by Crippen LogP contribution is -2.43. The van der Waals surface area contributed by atoms with Gasteiger partial charge in [-0.25, -0.2) is 23.4 Å². The van der Waals surface area contributed by atoms with Crippen LogP contribution in [0.3, 0.4) is 0 Å². The van der Waals surface area contributed by atoms with E-state index in [2.05, 4.69) is 0 Å². The van der Waals surface area contributed by atoms with E-state index in [0.717, 1.165) is 4.90 Å². The summed E-state index contributed by atoms with van der Waals surface area (Å²) >= 11 is 0. The lowest BCUT2D eigenvalue weighted by Gasteiger charge is -2.23. The molecule has 3 amide bonds. The Balaban J connectivity index is 2.22. The maximum Gasteiger partial charge on any atom is 0.331 e. The first-order valence-electron chi connectivity index (χ1n) is 8.67. The van der Waals surface area contributed by atoms with Gasteiger partial charge in [-0.1, -0.05) is 30.3 Å². The van der Waals surface area contributed by atoms with Crippen LogP contribution in [0.15, 0.2) is 53.4 Å². The first-order valence-corrected chi connectivity index (χ1v) is 10.2.